The first-order valence-corrected chi connectivity index (χ1v) is 10.8. The Morgan fingerprint density at radius 1 is 1.06 bits per heavy atom. The van der Waals surface area contributed by atoms with Crippen LogP contribution in [0.2, 0.25) is 6.82 Å². The van der Waals surface area contributed by atoms with Gasteiger partial charge in [0.2, 0.25) is 0 Å². The number of rotatable bonds is 5. The van der Waals surface area contributed by atoms with Crippen molar-refractivity contribution in [2.75, 3.05) is 18.8 Å². The fourth-order valence-electron chi connectivity index (χ4n) is 4.28. The lowest BCUT2D eigenvalue weighted by Gasteiger charge is -2.33. The fourth-order valence-corrected chi connectivity index (χ4v) is 4.28. The minimum Gasteiger partial charge on any atom is -0.457 e. The van der Waals surface area contributed by atoms with Crippen LogP contribution in [0.15, 0.2) is 60.9 Å². The van der Waals surface area contributed by atoms with Crippen molar-refractivity contribution in [2.24, 2.45) is 0 Å². The molecule has 0 aliphatic carbocycles. The molecule has 0 radical (unpaired) electrons. The summed E-state index contributed by atoms with van der Waals surface area (Å²) in [5, 5.41) is 15.7. The van der Waals surface area contributed by atoms with Crippen LogP contribution in [0, 0.1) is 0 Å². The van der Waals surface area contributed by atoms with Crippen LogP contribution < -0.4 is 10.5 Å². The smallest absolute Gasteiger partial charge is 0.376 e. The van der Waals surface area contributed by atoms with Crippen molar-refractivity contribution in [1.29, 1.82) is 0 Å². The highest BCUT2D eigenvalue weighted by Crippen LogP contribution is 2.34. The lowest BCUT2D eigenvalue weighted by Crippen LogP contribution is -2.44. The Labute approximate surface area is 186 Å². The van der Waals surface area contributed by atoms with E-state index in [4.69, 9.17) is 15.6 Å². The Hall–Kier alpha value is -3.43. The van der Waals surface area contributed by atoms with Gasteiger partial charge in [0.1, 0.15) is 29.3 Å². The maximum atomic E-state index is 10.1. The van der Waals surface area contributed by atoms with E-state index in [2.05, 4.69) is 14.8 Å². The van der Waals surface area contributed by atoms with Gasteiger partial charge in [-0.05, 0) is 62.6 Å². The Morgan fingerprint density at radius 2 is 1.81 bits per heavy atom. The van der Waals surface area contributed by atoms with E-state index in [0.717, 1.165) is 53.2 Å². The minimum atomic E-state index is -0.490. The van der Waals surface area contributed by atoms with Crippen molar-refractivity contribution in [3.8, 4) is 22.8 Å². The van der Waals surface area contributed by atoms with Gasteiger partial charge in [0, 0.05) is 12.1 Å². The van der Waals surface area contributed by atoms with E-state index in [1.54, 1.807) is 6.82 Å². The van der Waals surface area contributed by atoms with Gasteiger partial charge < -0.3 is 20.3 Å². The average Bonchev–Trinajstić information content (AvgIpc) is 3.21. The highest BCUT2D eigenvalue weighted by Gasteiger charge is 2.29. The molecule has 9 heteroatoms. The fraction of sp³-hybridized carbons (Fsp3) is 0.261. The second kappa shape index (κ2) is 8.60. The van der Waals surface area contributed by atoms with Gasteiger partial charge in [-0.25, -0.2) is 14.6 Å². The Kier molecular flexibility index (Phi) is 5.51. The molecule has 1 atom stereocenters. The number of nitrogens with two attached hydrogens (primary N) is 1. The first kappa shape index (κ1) is 20.5. The number of fused-ring (bicyclic) bond motifs is 1. The molecule has 0 spiro atoms. The normalized spacial score (nSPS) is 16.9. The molecule has 1 aliphatic rings. The van der Waals surface area contributed by atoms with Crippen LogP contribution in [0.1, 0.15) is 18.9 Å². The van der Waals surface area contributed by atoms with Crippen LogP contribution in [-0.2, 0) is 0 Å². The molecule has 32 heavy (non-hydrogen) atoms. The van der Waals surface area contributed by atoms with Crippen molar-refractivity contribution in [1.82, 2.24) is 24.6 Å². The molecule has 0 unspecified atom stereocenters. The zero-order chi connectivity index (χ0) is 22.1. The lowest BCUT2D eigenvalue weighted by atomic mass is 9.82. The Bertz CT molecular complexity index is 1210. The van der Waals surface area contributed by atoms with Gasteiger partial charge in [-0.1, -0.05) is 18.2 Å². The summed E-state index contributed by atoms with van der Waals surface area (Å²) < 4.78 is 7.86. The quantitative estimate of drug-likeness (QED) is 0.468. The summed E-state index contributed by atoms with van der Waals surface area (Å²) in [7, 11) is -0.490. The number of ether oxygens (including phenoxy) is 1. The van der Waals surface area contributed by atoms with E-state index < -0.39 is 7.05 Å². The largest absolute Gasteiger partial charge is 0.457 e. The Morgan fingerprint density at radius 3 is 2.56 bits per heavy atom. The molecule has 4 aromatic rings. The molecular formula is C23H25BN6O2. The highest BCUT2D eigenvalue weighted by atomic mass is 16.5. The van der Waals surface area contributed by atoms with Gasteiger partial charge in [0.25, 0.3) is 0 Å². The standard InChI is InChI=1S/C23H25BN6O2/c1-24(31)29-13-5-6-17(14-29)30-23-20(22(25)26-15-27-23)21(28-30)16-9-11-19(12-10-16)32-18-7-3-2-4-8-18/h2-4,7-12,15,17,31H,5-6,13-14H2,1H3,(H2,25,26,27)/t17-/m1/s1. The van der Waals surface area contributed by atoms with Gasteiger partial charge in [-0.15, -0.1) is 0 Å². The molecule has 1 fully saturated rings. The number of nitrogen functional groups attached to an aromatic ring is 1. The van der Waals surface area contributed by atoms with E-state index in [-0.39, 0.29) is 6.04 Å². The van der Waals surface area contributed by atoms with Crippen LogP contribution in [-0.4, -0.2) is 49.7 Å². The second-order valence-corrected chi connectivity index (χ2v) is 8.11. The van der Waals surface area contributed by atoms with Crippen molar-refractivity contribution in [3.63, 3.8) is 0 Å². The number of benzene rings is 2. The third kappa shape index (κ3) is 3.92. The zero-order valence-electron chi connectivity index (χ0n) is 17.9. The molecule has 5 rings (SSSR count). The number of hydrogen-bond acceptors (Lipinski definition) is 7. The highest BCUT2D eigenvalue weighted by molar-refractivity contribution is 6.45. The second-order valence-electron chi connectivity index (χ2n) is 8.11. The molecule has 0 bridgehead atoms. The van der Waals surface area contributed by atoms with Crippen LogP contribution in [0.4, 0.5) is 5.82 Å². The van der Waals surface area contributed by atoms with E-state index in [9.17, 15) is 5.02 Å². The van der Waals surface area contributed by atoms with Gasteiger partial charge >= 0.3 is 7.05 Å². The maximum Gasteiger partial charge on any atom is 0.376 e. The molecule has 3 heterocycles. The summed E-state index contributed by atoms with van der Waals surface area (Å²) in [6.07, 6.45) is 3.43. The third-order valence-corrected chi connectivity index (χ3v) is 5.93. The first-order valence-electron chi connectivity index (χ1n) is 10.8. The van der Waals surface area contributed by atoms with Gasteiger partial charge in [0.15, 0.2) is 5.65 Å². The van der Waals surface area contributed by atoms with Crippen LogP contribution in [0.5, 0.6) is 11.5 Å². The number of para-hydroxylation sites is 1. The summed E-state index contributed by atoms with van der Waals surface area (Å²) in [6.45, 7) is 3.39. The summed E-state index contributed by atoms with van der Waals surface area (Å²) in [5.74, 6) is 1.93. The molecule has 1 saturated heterocycles. The van der Waals surface area contributed by atoms with Crippen molar-refractivity contribution in [3.05, 3.63) is 60.9 Å². The number of piperidine rings is 1. The van der Waals surface area contributed by atoms with Crippen LogP contribution in [0.25, 0.3) is 22.3 Å². The molecular weight excluding hydrogens is 403 g/mol. The zero-order valence-corrected chi connectivity index (χ0v) is 17.9. The average molecular weight is 428 g/mol. The van der Waals surface area contributed by atoms with Gasteiger partial charge in [0.05, 0.1) is 11.4 Å². The number of hydrogen-bond donors (Lipinski definition) is 2. The van der Waals surface area contributed by atoms with Crippen molar-refractivity contribution in [2.45, 2.75) is 25.7 Å². The lowest BCUT2D eigenvalue weighted by molar-refractivity contribution is 0.236. The van der Waals surface area contributed by atoms with Crippen molar-refractivity contribution >= 4 is 23.9 Å². The number of anilines is 1. The molecule has 2 aromatic heterocycles. The number of aromatic nitrogens is 4. The SMILES string of the molecule is CB(O)N1CCC[C@@H](n2nc(-c3ccc(Oc4ccccc4)cc3)c3c(N)ncnc32)C1. The Balaban J connectivity index is 1.50. The third-order valence-electron chi connectivity index (χ3n) is 5.93. The van der Waals surface area contributed by atoms with Crippen LogP contribution >= 0.6 is 0 Å². The molecule has 0 saturated carbocycles. The maximum absolute atomic E-state index is 10.1. The summed E-state index contributed by atoms with van der Waals surface area (Å²) in [5.41, 5.74) is 8.65. The molecule has 2 aromatic carbocycles. The van der Waals surface area contributed by atoms with E-state index in [0.29, 0.717) is 12.4 Å². The summed E-state index contributed by atoms with van der Waals surface area (Å²) >= 11 is 0. The predicted molar refractivity (Wildman–Crippen MR) is 125 cm³/mol. The topological polar surface area (TPSA) is 102 Å². The van der Waals surface area contributed by atoms with Crippen LogP contribution in [0.3, 0.4) is 0 Å². The van der Waals surface area contributed by atoms with E-state index in [1.807, 2.05) is 59.3 Å². The van der Waals surface area contributed by atoms with Gasteiger partial charge in [-0.2, -0.15) is 5.10 Å². The predicted octanol–water partition coefficient (Wildman–Crippen LogP) is 3.62. The van der Waals surface area contributed by atoms with Gasteiger partial charge in [-0.3, -0.25) is 0 Å². The molecule has 3 N–H and O–H groups in total. The summed E-state index contributed by atoms with van der Waals surface area (Å²) in [6, 6.07) is 17.6. The molecule has 1 aliphatic heterocycles. The van der Waals surface area contributed by atoms with Crippen molar-refractivity contribution < 1.29 is 9.76 Å². The molecule has 0 amide bonds. The summed E-state index contributed by atoms with van der Waals surface area (Å²) in [4.78, 5) is 10.8. The minimum absolute atomic E-state index is 0.101. The van der Waals surface area contributed by atoms with E-state index >= 15 is 0 Å². The molecule has 8 nitrogen and oxygen atoms in total. The van der Waals surface area contributed by atoms with E-state index in [1.165, 1.54) is 6.33 Å². The molecule has 162 valence electrons. The number of nitrogens with zero attached hydrogens (tertiary/aromatic N) is 5. The monoisotopic (exact) mass is 428 g/mol. The first-order chi connectivity index (χ1) is 15.6.